The lowest BCUT2D eigenvalue weighted by atomic mass is 9.85. The lowest BCUT2D eigenvalue weighted by molar-refractivity contribution is -0.220. The third-order valence-electron chi connectivity index (χ3n) is 11.0. The number of hydrogen-bond acceptors (Lipinski definition) is 12. The van der Waals surface area contributed by atoms with Gasteiger partial charge >= 0.3 is 19.8 Å². The molecule has 0 heterocycles. The summed E-state index contributed by atoms with van der Waals surface area (Å²) in [5.41, 5.74) is 0. The Morgan fingerprint density at radius 1 is 0.508 bits per heavy atom. The fourth-order valence-corrected chi connectivity index (χ4v) is 8.05. The van der Waals surface area contributed by atoms with E-state index in [1.165, 1.54) is 89.9 Å². The van der Waals surface area contributed by atoms with Crippen molar-refractivity contribution in [2.75, 3.05) is 13.2 Å². The Balaban J connectivity index is 2.44. The molecule has 0 saturated heterocycles. The number of aliphatic hydroxyl groups excluding tert-OH is 5. The van der Waals surface area contributed by atoms with E-state index in [1.807, 2.05) is 0 Å². The van der Waals surface area contributed by atoms with E-state index in [4.69, 9.17) is 18.5 Å². The van der Waals surface area contributed by atoms with Gasteiger partial charge in [-0.3, -0.25) is 18.6 Å². The summed E-state index contributed by atoms with van der Waals surface area (Å²) < 4.78 is 33.5. The molecule has 61 heavy (non-hydrogen) atoms. The standard InChI is InChI=1S/C47H85O13P/c1-3-5-7-9-11-13-15-17-18-19-20-21-22-24-26-28-30-32-34-36-41(49)59-39(38-58-61(55,56)60-47-45(53)43(51)42(50)44(52)46(47)54)37-57-40(48)35-33-31-29-27-25-23-16-14-12-10-8-6-4-2/h11,13,17-18,23,25,39,42-47,50-54H,3-10,12,14-16,19-22,24,26-38H2,1-2H3,(H,55,56)/b13-11+,18-17+,25-23+/t39-,42?,43+,44?,45?,46?,47?/m1/s1. The van der Waals surface area contributed by atoms with Crippen LogP contribution in [0.3, 0.4) is 0 Å². The molecule has 0 amide bonds. The van der Waals surface area contributed by atoms with Gasteiger partial charge in [0.2, 0.25) is 0 Å². The molecule has 6 N–H and O–H groups in total. The first kappa shape index (κ1) is 57.1. The predicted molar refractivity (Wildman–Crippen MR) is 240 cm³/mol. The molecule has 1 aliphatic rings. The number of aliphatic hydroxyl groups is 5. The Morgan fingerprint density at radius 3 is 1.39 bits per heavy atom. The largest absolute Gasteiger partial charge is 0.472 e. The van der Waals surface area contributed by atoms with Gasteiger partial charge in [0.15, 0.2) is 6.10 Å². The number of carbonyl (C=O) groups is 2. The molecule has 0 bridgehead atoms. The number of phosphoric acid groups is 1. The SMILES string of the molecule is CCCCC/C=C/C/C=C/CCCCCCCCCCCC(=O)O[C@H](COC(=O)CCCCC/C=C/CCCCCCCC)COP(=O)(O)OC1C(O)C(O)C(O)[C@H](O)C1O. The van der Waals surface area contributed by atoms with Gasteiger partial charge in [-0.05, 0) is 70.6 Å². The van der Waals surface area contributed by atoms with Gasteiger partial charge in [0.05, 0.1) is 6.61 Å². The molecule has 6 unspecified atom stereocenters. The Labute approximate surface area is 368 Å². The van der Waals surface area contributed by atoms with Crippen molar-refractivity contribution in [1.29, 1.82) is 0 Å². The topological polar surface area (TPSA) is 210 Å². The number of unbranched alkanes of at least 4 members (excludes halogenated alkanes) is 21. The van der Waals surface area contributed by atoms with E-state index in [9.17, 15) is 44.6 Å². The van der Waals surface area contributed by atoms with Crippen LogP contribution in [0.1, 0.15) is 194 Å². The molecular weight excluding hydrogens is 803 g/mol. The van der Waals surface area contributed by atoms with Crippen LogP contribution < -0.4 is 0 Å². The van der Waals surface area contributed by atoms with Crippen molar-refractivity contribution >= 4 is 19.8 Å². The number of hydrogen-bond donors (Lipinski definition) is 6. The summed E-state index contributed by atoms with van der Waals surface area (Å²) in [7, 11) is -5.12. The minimum atomic E-state index is -5.12. The normalized spacial score (nSPS) is 22.3. The van der Waals surface area contributed by atoms with Crippen LogP contribution in [-0.2, 0) is 32.7 Å². The van der Waals surface area contributed by atoms with Gasteiger partial charge in [-0.15, -0.1) is 0 Å². The van der Waals surface area contributed by atoms with Gasteiger partial charge in [-0.1, -0.05) is 147 Å². The molecule has 0 aromatic rings. The molecule has 0 aliphatic heterocycles. The van der Waals surface area contributed by atoms with E-state index < -0.39 is 75.7 Å². The predicted octanol–water partition coefficient (Wildman–Crippen LogP) is 9.39. The maximum atomic E-state index is 12.8. The molecule has 0 aromatic carbocycles. The summed E-state index contributed by atoms with van der Waals surface area (Å²) in [6.07, 6.45) is 29.1. The van der Waals surface area contributed by atoms with Crippen LogP contribution >= 0.6 is 7.82 Å². The van der Waals surface area contributed by atoms with E-state index in [2.05, 4.69) is 50.3 Å². The molecule has 8 atom stereocenters. The zero-order chi connectivity index (χ0) is 45.0. The summed E-state index contributed by atoms with van der Waals surface area (Å²) >= 11 is 0. The smallest absolute Gasteiger partial charge is 0.462 e. The first-order valence-electron chi connectivity index (χ1n) is 23.8. The average Bonchev–Trinajstić information content (AvgIpc) is 3.24. The summed E-state index contributed by atoms with van der Waals surface area (Å²) in [6, 6.07) is 0. The second-order valence-corrected chi connectivity index (χ2v) is 18.0. The van der Waals surface area contributed by atoms with Gasteiger partial charge < -0.3 is 39.9 Å². The lowest BCUT2D eigenvalue weighted by Gasteiger charge is -2.41. The van der Waals surface area contributed by atoms with Crippen LogP contribution in [0.15, 0.2) is 36.5 Å². The first-order valence-corrected chi connectivity index (χ1v) is 25.3. The van der Waals surface area contributed by atoms with Crippen molar-refractivity contribution in [2.24, 2.45) is 0 Å². The van der Waals surface area contributed by atoms with Gasteiger partial charge in [0.25, 0.3) is 0 Å². The Morgan fingerprint density at radius 2 is 0.885 bits per heavy atom. The molecule has 1 aliphatic carbocycles. The highest BCUT2D eigenvalue weighted by Gasteiger charge is 2.51. The number of ether oxygens (including phenoxy) is 2. The lowest BCUT2D eigenvalue weighted by Crippen LogP contribution is -2.64. The quantitative estimate of drug-likeness (QED) is 0.0147. The van der Waals surface area contributed by atoms with Gasteiger partial charge in [0.1, 0.15) is 43.2 Å². The van der Waals surface area contributed by atoms with Crippen LogP contribution in [0.5, 0.6) is 0 Å². The fraction of sp³-hybridized carbons (Fsp3) is 0.830. The summed E-state index contributed by atoms with van der Waals surface area (Å²) in [4.78, 5) is 35.7. The Kier molecular flexibility index (Phi) is 35.0. The number of rotatable bonds is 39. The zero-order valence-corrected chi connectivity index (χ0v) is 38.6. The monoisotopic (exact) mass is 889 g/mol. The number of esters is 2. The third-order valence-corrected chi connectivity index (χ3v) is 11.9. The molecule has 0 spiro atoms. The van der Waals surface area contributed by atoms with Crippen molar-refractivity contribution in [3.63, 3.8) is 0 Å². The van der Waals surface area contributed by atoms with Crippen molar-refractivity contribution in [3.8, 4) is 0 Å². The van der Waals surface area contributed by atoms with Crippen molar-refractivity contribution in [1.82, 2.24) is 0 Å². The Hall–Kier alpha value is -1.93. The maximum Gasteiger partial charge on any atom is 0.472 e. The summed E-state index contributed by atoms with van der Waals surface area (Å²) in [5.74, 6) is -1.12. The van der Waals surface area contributed by atoms with Crippen molar-refractivity contribution in [2.45, 2.75) is 236 Å². The maximum absolute atomic E-state index is 12.8. The summed E-state index contributed by atoms with van der Waals surface area (Å²) in [5, 5.41) is 50.1. The summed E-state index contributed by atoms with van der Waals surface area (Å²) in [6.45, 7) is 3.25. The molecule has 0 aromatic heterocycles. The molecule has 13 nitrogen and oxygen atoms in total. The van der Waals surface area contributed by atoms with E-state index in [0.717, 1.165) is 64.2 Å². The fourth-order valence-electron chi connectivity index (χ4n) is 7.08. The van der Waals surface area contributed by atoms with Gasteiger partial charge in [-0.25, -0.2) is 4.57 Å². The molecule has 356 valence electrons. The second kappa shape index (κ2) is 37.4. The minimum Gasteiger partial charge on any atom is -0.462 e. The van der Waals surface area contributed by atoms with Crippen LogP contribution in [0.25, 0.3) is 0 Å². The number of carbonyl (C=O) groups excluding carboxylic acids is 2. The van der Waals surface area contributed by atoms with Crippen LogP contribution in [-0.4, -0.2) is 98.3 Å². The zero-order valence-electron chi connectivity index (χ0n) is 37.7. The van der Waals surface area contributed by atoms with E-state index in [0.29, 0.717) is 12.8 Å². The van der Waals surface area contributed by atoms with E-state index in [1.54, 1.807) is 0 Å². The Bertz CT molecular complexity index is 1210. The molecule has 1 fully saturated rings. The van der Waals surface area contributed by atoms with Gasteiger partial charge in [-0.2, -0.15) is 0 Å². The molecule has 1 rings (SSSR count). The molecule has 0 radical (unpaired) electrons. The highest BCUT2D eigenvalue weighted by atomic mass is 31.2. The highest BCUT2D eigenvalue weighted by molar-refractivity contribution is 7.47. The van der Waals surface area contributed by atoms with Gasteiger partial charge in [0, 0.05) is 12.8 Å². The van der Waals surface area contributed by atoms with Crippen molar-refractivity contribution in [3.05, 3.63) is 36.5 Å². The molecular formula is C47H85O13P. The second-order valence-electron chi connectivity index (χ2n) is 16.6. The van der Waals surface area contributed by atoms with Crippen LogP contribution in [0, 0.1) is 0 Å². The van der Waals surface area contributed by atoms with E-state index in [-0.39, 0.29) is 12.8 Å². The molecule has 1 saturated carbocycles. The number of allylic oxidation sites excluding steroid dienone is 6. The van der Waals surface area contributed by atoms with Crippen LogP contribution in [0.4, 0.5) is 0 Å². The molecule has 14 heteroatoms. The van der Waals surface area contributed by atoms with E-state index >= 15 is 0 Å². The minimum absolute atomic E-state index is 0.0892. The average molecular weight is 889 g/mol. The van der Waals surface area contributed by atoms with Crippen LogP contribution in [0.2, 0.25) is 0 Å². The third kappa shape index (κ3) is 30.0. The highest BCUT2D eigenvalue weighted by Crippen LogP contribution is 2.47. The first-order chi connectivity index (χ1) is 29.4. The number of phosphoric ester groups is 1. The van der Waals surface area contributed by atoms with Crippen molar-refractivity contribution < 1.29 is 63.1 Å².